The van der Waals surface area contributed by atoms with E-state index in [0.717, 1.165) is 10.1 Å². The van der Waals surface area contributed by atoms with Gasteiger partial charge in [-0.3, -0.25) is 9.59 Å². The molecule has 0 N–H and O–H groups in total. The monoisotopic (exact) mass is 263 g/mol. The lowest BCUT2D eigenvalue weighted by Gasteiger charge is -2.13. The number of benzene rings is 1. The number of fused-ring (bicyclic) bond motifs is 1. The molecule has 1 aromatic heterocycles. The SMILES string of the molecule is COC(=O)CN(C)C(=O)c1cc2ccccc2s1. The summed E-state index contributed by atoms with van der Waals surface area (Å²) in [5, 5.41) is 1.04. The Kier molecular flexibility index (Phi) is 3.62. The summed E-state index contributed by atoms with van der Waals surface area (Å²) in [6, 6.07) is 9.64. The molecule has 94 valence electrons. The van der Waals surface area contributed by atoms with Gasteiger partial charge >= 0.3 is 5.97 Å². The molecule has 1 aromatic carbocycles. The molecule has 0 unspecified atom stereocenters. The highest BCUT2D eigenvalue weighted by Gasteiger charge is 2.17. The third kappa shape index (κ3) is 2.51. The fourth-order valence-corrected chi connectivity index (χ4v) is 2.66. The van der Waals surface area contributed by atoms with E-state index in [1.54, 1.807) is 7.05 Å². The molecular formula is C13H13NO3S. The molecule has 2 aromatic rings. The Morgan fingerprint density at radius 3 is 2.72 bits per heavy atom. The van der Waals surface area contributed by atoms with Crippen molar-refractivity contribution in [2.75, 3.05) is 20.7 Å². The second kappa shape index (κ2) is 5.18. The molecule has 0 radical (unpaired) electrons. The number of methoxy groups -OCH3 is 1. The summed E-state index contributed by atoms with van der Waals surface area (Å²) >= 11 is 1.43. The Morgan fingerprint density at radius 2 is 2.06 bits per heavy atom. The van der Waals surface area contributed by atoms with Crippen LogP contribution in [0.1, 0.15) is 9.67 Å². The third-order valence-corrected chi connectivity index (χ3v) is 3.68. The molecule has 0 aliphatic heterocycles. The van der Waals surface area contributed by atoms with E-state index in [1.807, 2.05) is 30.3 Å². The molecule has 4 nitrogen and oxygen atoms in total. The van der Waals surface area contributed by atoms with Crippen molar-refractivity contribution < 1.29 is 14.3 Å². The van der Waals surface area contributed by atoms with Crippen LogP contribution in [-0.4, -0.2) is 37.5 Å². The minimum absolute atomic E-state index is 0.0381. The largest absolute Gasteiger partial charge is 0.468 e. The number of ether oxygens (including phenoxy) is 1. The molecule has 0 atom stereocenters. The van der Waals surface area contributed by atoms with Crippen molar-refractivity contribution in [1.29, 1.82) is 0 Å². The van der Waals surface area contributed by atoms with Crippen LogP contribution in [0.4, 0.5) is 0 Å². The van der Waals surface area contributed by atoms with Crippen LogP contribution in [-0.2, 0) is 9.53 Å². The van der Waals surface area contributed by atoms with Gasteiger partial charge in [-0.1, -0.05) is 18.2 Å². The zero-order valence-corrected chi connectivity index (χ0v) is 11.0. The maximum absolute atomic E-state index is 12.1. The summed E-state index contributed by atoms with van der Waals surface area (Å²) in [6.45, 7) is -0.0381. The van der Waals surface area contributed by atoms with Crippen LogP contribution >= 0.6 is 11.3 Å². The highest BCUT2D eigenvalue weighted by atomic mass is 32.1. The third-order valence-electron chi connectivity index (χ3n) is 2.58. The smallest absolute Gasteiger partial charge is 0.325 e. The lowest BCUT2D eigenvalue weighted by molar-refractivity contribution is -0.141. The van der Waals surface area contributed by atoms with Gasteiger partial charge in [0.2, 0.25) is 0 Å². The number of hydrogen-bond acceptors (Lipinski definition) is 4. The first-order chi connectivity index (χ1) is 8.61. The summed E-state index contributed by atoms with van der Waals surface area (Å²) in [4.78, 5) is 25.2. The minimum Gasteiger partial charge on any atom is -0.468 e. The number of likely N-dealkylation sites (N-methyl/N-ethyl adjacent to an activating group) is 1. The lowest BCUT2D eigenvalue weighted by Crippen LogP contribution is -2.32. The fraction of sp³-hybridized carbons (Fsp3) is 0.231. The topological polar surface area (TPSA) is 46.6 Å². The first kappa shape index (κ1) is 12.6. The van der Waals surface area contributed by atoms with Crippen LogP contribution in [0.3, 0.4) is 0 Å². The van der Waals surface area contributed by atoms with Crippen LogP contribution in [0, 0.1) is 0 Å². The van der Waals surface area contributed by atoms with Crippen LogP contribution in [0.15, 0.2) is 30.3 Å². The number of carbonyl (C=O) groups is 2. The summed E-state index contributed by atoms with van der Waals surface area (Å²) in [7, 11) is 2.89. The number of thiophene rings is 1. The van der Waals surface area contributed by atoms with E-state index < -0.39 is 5.97 Å². The van der Waals surface area contributed by atoms with Gasteiger partial charge in [-0.2, -0.15) is 0 Å². The van der Waals surface area contributed by atoms with Crippen molar-refractivity contribution in [3.8, 4) is 0 Å². The second-order valence-corrected chi connectivity index (χ2v) is 4.97. The quantitative estimate of drug-likeness (QED) is 0.797. The zero-order valence-electron chi connectivity index (χ0n) is 10.2. The average Bonchev–Trinajstić information content (AvgIpc) is 2.81. The van der Waals surface area contributed by atoms with E-state index in [9.17, 15) is 9.59 Å². The summed E-state index contributed by atoms with van der Waals surface area (Å²) < 4.78 is 5.60. The van der Waals surface area contributed by atoms with E-state index in [1.165, 1.54) is 23.3 Å². The Bertz CT molecular complexity index is 558. The molecule has 1 amide bonds. The van der Waals surface area contributed by atoms with E-state index in [4.69, 9.17) is 0 Å². The summed E-state index contributed by atoms with van der Waals surface area (Å²) in [5.74, 6) is -0.589. The van der Waals surface area contributed by atoms with Crippen LogP contribution in [0.25, 0.3) is 10.1 Å². The van der Waals surface area contributed by atoms with Gasteiger partial charge in [0.25, 0.3) is 5.91 Å². The van der Waals surface area contributed by atoms with Crippen LogP contribution < -0.4 is 0 Å². The number of carbonyl (C=O) groups excluding carboxylic acids is 2. The number of rotatable bonds is 3. The molecule has 5 heteroatoms. The average molecular weight is 263 g/mol. The number of amides is 1. The molecule has 0 saturated carbocycles. The normalized spacial score (nSPS) is 10.3. The van der Waals surface area contributed by atoms with Crippen LogP contribution in [0.5, 0.6) is 0 Å². The molecular weight excluding hydrogens is 250 g/mol. The van der Waals surface area contributed by atoms with Crippen molar-refractivity contribution in [3.63, 3.8) is 0 Å². The van der Waals surface area contributed by atoms with Crippen LogP contribution in [0.2, 0.25) is 0 Å². The van der Waals surface area contributed by atoms with Gasteiger partial charge in [0.15, 0.2) is 0 Å². The van der Waals surface area contributed by atoms with Crippen molar-refractivity contribution >= 4 is 33.3 Å². The van der Waals surface area contributed by atoms with Gasteiger partial charge in [0.05, 0.1) is 12.0 Å². The first-order valence-corrected chi connectivity index (χ1v) is 6.24. The number of esters is 1. The molecule has 0 aliphatic rings. The van der Waals surface area contributed by atoms with E-state index in [-0.39, 0.29) is 12.5 Å². The van der Waals surface area contributed by atoms with Crippen molar-refractivity contribution in [1.82, 2.24) is 4.90 Å². The Morgan fingerprint density at radius 1 is 1.33 bits per heavy atom. The fourth-order valence-electron chi connectivity index (χ4n) is 1.61. The summed E-state index contributed by atoms with van der Waals surface area (Å²) in [6.07, 6.45) is 0. The predicted octanol–water partition coefficient (Wildman–Crippen LogP) is 2.15. The lowest BCUT2D eigenvalue weighted by atomic mass is 10.2. The summed E-state index contributed by atoms with van der Waals surface area (Å²) in [5.41, 5.74) is 0. The van der Waals surface area contributed by atoms with Gasteiger partial charge in [0.1, 0.15) is 6.54 Å². The van der Waals surface area contributed by atoms with Gasteiger partial charge in [-0.15, -0.1) is 11.3 Å². The zero-order chi connectivity index (χ0) is 13.1. The molecule has 0 aliphatic carbocycles. The molecule has 0 spiro atoms. The highest BCUT2D eigenvalue weighted by molar-refractivity contribution is 7.20. The Labute approximate surface area is 109 Å². The molecule has 0 fully saturated rings. The number of nitrogens with zero attached hydrogens (tertiary/aromatic N) is 1. The van der Waals surface area contributed by atoms with E-state index in [0.29, 0.717) is 4.88 Å². The van der Waals surface area contributed by atoms with Gasteiger partial charge in [-0.25, -0.2) is 0 Å². The molecule has 2 rings (SSSR count). The minimum atomic E-state index is -0.424. The predicted molar refractivity (Wildman–Crippen MR) is 70.8 cm³/mol. The number of hydrogen-bond donors (Lipinski definition) is 0. The Hall–Kier alpha value is -1.88. The maximum atomic E-state index is 12.1. The molecule has 1 heterocycles. The van der Waals surface area contributed by atoms with Gasteiger partial charge in [0, 0.05) is 11.7 Å². The Balaban J connectivity index is 2.20. The first-order valence-electron chi connectivity index (χ1n) is 5.42. The molecule has 18 heavy (non-hydrogen) atoms. The van der Waals surface area contributed by atoms with Gasteiger partial charge < -0.3 is 9.64 Å². The van der Waals surface area contributed by atoms with Crippen molar-refractivity contribution in [2.45, 2.75) is 0 Å². The molecule has 0 saturated heterocycles. The second-order valence-electron chi connectivity index (χ2n) is 3.89. The van der Waals surface area contributed by atoms with Crippen molar-refractivity contribution in [3.05, 3.63) is 35.2 Å². The maximum Gasteiger partial charge on any atom is 0.325 e. The van der Waals surface area contributed by atoms with E-state index >= 15 is 0 Å². The van der Waals surface area contributed by atoms with Crippen molar-refractivity contribution in [2.24, 2.45) is 0 Å². The molecule has 0 bridgehead atoms. The van der Waals surface area contributed by atoms with Gasteiger partial charge in [-0.05, 0) is 17.5 Å². The standard InChI is InChI=1S/C13H13NO3S/c1-14(8-12(15)17-2)13(16)11-7-9-5-3-4-6-10(9)18-11/h3-7H,8H2,1-2H3. The van der Waals surface area contributed by atoms with E-state index in [2.05, 4.69) is 4.74 Å². The highest BCUT2D eigenvalue weighted by Crippen LogP contribution is 2.25.